The Morgan fingerprint density at radius 2 is 1.88 bits per heavy atom. The monoisotopic (exact) mass is 368 g/mol. The Labute approximate surface area is 143 Å². The van der Waals surface area contributed by atoms with Crippen LogP contribution in [0.1, 0.15) is 5.56 Å². The molecule has 1 aliphatic heterocycles. The van der Waals surface area contributed by atoms with Crippen molar-refractivity contribution in [3.63, 3.8) is 0 Å². The van der Waals surface area contributed by atoms with Crippen molar-refractivity contribution in [3.05, 3.63) is 52.0 Å². The third-order valence-corrected chi connectivity index (χ3v) is 3.66. The molecule has 0 spiro atoms. The van der Waals surface area contributed by atoms with Gasteiger partial charge in [0.15, 0.2) is 0 Å². The van der Waals surface area contributed by atoms with E-state index < -0.39 is 35.8 Å². The summed E-state index contributed by atoms with van der Waals surface area (Å²) in [5, 5.41) is 11.1. The molecule has 0 saturated heterocycles. The maximum absolute atomic E-state index is 13.0. The lowest BCUT2D eigenvalue weighted by molar-refractivity contribution is -0.138. The number of nitrogens with zero attached hydrogens (tertiary/aromatic N) is 1. The number of rotatable bonds is 4. The van der Waals surface area contributed by atoms with Crippen molar-refractivity contribution >= 4 is 28.5 Å². The molecule has 2 N–H and O–H groups in total. The minimum atomic E-state index is -4.73. The van der Waals surface area contributed by atoms with Gasteiger partial charge in [0, 0.05) is 29.3 Å². The second-order valence-corrected chi connectivity index (χ2v) is 5.39. The van der Waals surface area contributed by atoms with E-state index in [4.69, 9.17) is 9.52 Å². The van der Waals surface area contributed by atoms with E-state index in [0.717, 1.165) is 23.1 Å². The number of aliphatic hydroxyl groups is 1. The van der Waals surface area contributed by atoms with Crippen molar-refractivity contribution < 1.29 is 32.3 Å². The first-order valence-electron chi connectivity index (χ1n) is 7.31. The average Bonchev–Trinajstić information content (AvgIpc) is 2.81. The molecule has 2 aromatic rings. The van der Waals surface area contributed by atoms with Crippen LogP contribution in [-0.4, -0.2) is 35.0 Å². The molecule has 0 saturated carbocycles. The van der Waals surface area contributed by atoms with E-state index >= 15 is 0 Å². The van der Waals surface area contributed by atoms with Crippen molar-refractivity contribution in [3.8, 4) is 0 Å². The van der Waals surface area contributed by atoms with Gasteiger partial charge < -0.3 is 14.8 Å². The third-order valence-electron chi connectivity index (χ3n) is 3.66. The Bertz CT molecular complexity index is 994. The quantitative estimate of drug-likeness (QED) is 0.626. The molecule has 10 heteroatoms. The molecule has 1 aromatic heterocycles. The van der Waals surface area contributed by atoms with Crippen LogP contribution in [0.15, 0.2) is 45.3 Å². The highest BCUT2D eigenvalue weighted by Gasteiger charge is 2.34. The number of benzene rings is 1. The number of hydrogen-bond donors (Lipinski definition) is 2. The van der Waals surface area contributed by atoms with Crippen LogP contribution in [0.5, 0.6) is 0 Å². The SMILES string of the molecule is O=C1C=C(Nc2ccc3c(C(F)(F)F)cc(=O)oc3c2)C(=O)N1CCO. The van der Waals surface area contributed by atoms with Crippen LogP contribution in [0.3, 0.4) is 0 Å². The zero-order chi connectivity index (χ0) is 19.1. The lowest BCUT2D eigenvalue weighted by atomic mass is 10.1. The zero-order valence-electron chi connectivity index (χ0n) is 13.0. The fourth-order valence-corrected chi connectivity index (χ4v) is 2.54. The molecular formula is C16H11F3N2O5. The van der Waals surface area contributed by atoms with Gasteiger partial charge in [-0.05, 0) is 12.1 Å². The van der Waals surface area contributed by atoms with Gasteiger partial charge in [0.25, 0.3) is 11.8 Å². The number of halogens is 3. The topological polar surface area (TPSA) is 99.8 Å². The summed E-state index contributed by atoms with van der Waals surface area (Å²) in [6.45, 7) is -0.583. The van der Waals surface area contributed by atoms with Crippen LogP contribution in [0.25, 0.3) is 11.0 Å². The van der Waals surface area contributed by atoms with Gasteiger partial charge in [-0.2, -0.15) is 13.2 Å². The molecule has 0 fully saturated rings. The van der Waals surface area contributed by atoms with Crippen LogP contribution in [-0.2, 0) is 15.8 Å². The number of carbonyl (C=O) groups is 2. The Balaban J connectivity index is 1.96. The number of anilines is 1. The normalized spacial score (nSPS) is 14.9. The second kappa shape index (κ2) is 6.30. The minimum Gasteiger partial charge on any atom is -0.423 e. The number of hydrogen-bond acceptors (Lipinski definition) is 6. The molecule has 0 atom stereocenters. The number of alkyl halides is 3. The third kappa shape index (κ3) is 3.18. The van der Waals surface area contributed by atoms with E-state index in [9.17, 15) is 27.6 Å². The van der Waals surface area contributed by atoms with Gasteiger partial charge >= 0.3 is 11.8 Å². The zero-order valence-corrected chi connectivity index (χ0v) is 13.0. The molecule has 2 amide bonds. The smallest absolute Gasteiger partial charge is 0.417 e. The Kier molecular flexibility index (Phi) is 4.28. The molecule has 0 bridgehead atoms. The van der Waals surface area contributed by atoms with Gasteiger partial charge in [0.2, 0.25) is 0 Å². The van der Waals surface area contributed by atoms with E-state index in [-0.39, 0.29) is 28.9 Å². The first kappa shape index (κ1) is 17.7. The first-order chi connectivity index (χ1) is 12.2. The fraction of sp³-hybridized carbons (Fsp3) is 0.188. The molecule has 7 nitrogen and oxygen atoms in total. The fourth-order valence-electron chi connectivity index (χ4n) is 2.54. The highest BCUT2D eigenvalue weighted by Crippen LogP contribution is 2.34. The van der Waals surface area contributed by atoms with Crippen LogP contribution in [0.4, 0.5) is 18.9 Å². The maximum Gasteiger partial charge on any atom is 0.417 e. The Hall–Kier alpha value is -3.14. The standard InChI is InChI=1S/C16H11F3N2O5/c17-16(18,19)10-6-14(24)26-12-5-8(1-2-9(10)12)20-11-7-13(23)21(3-4-22)15(11)25/h1-2,5-7,20,22H,3-4H2. The van der Waals surface area contributed by atoms with Crippen molar-refractivity contribution in [1.82, 2.24) is 4.90 Å². The number of aliphatic hydroxyl groups excluding tert-OH is 1. The lowest BCUT2D eigenvalue weighted by Gasteiger charge is -2.14. The van der Waals surface area contributed by atoms with Gasteiger partial charge in [-0.1, -0.05) is 0 Å². The second-order valence-electron chi connectivity index (χ2n) is 5.39. The molecule has 0 unspecified atom stereocenters. The number of fused-ring (bicyclic) bond motifs is 1. The predicted molar refractivity (Wildman–Crippen MR) is 83.0 cm³/mol. The number of amides is 2. The molecule has 0 radical (unpaired) electrons. The van der Waals surface area contributed by atoms with Gasteiger partial charge in [0.05, 0.1) is 18.7 Å². The number of β-amino-alcohol motifs (C(OH)–C–C–N with tert-alkyl or cyclic N) is 1. The molecule has 3 rings (SSSR count). The van der Waals surface area contributed by atoms with Crippen molar-refractivity contribution in [2.24, 2.45) is 0 Å². The maximum atomic E-state index is 13.0. The van der Waals surface area contributed by atoms with Crippen LogP contribution >= 0.6 is 0 Å². The number of nitrogens with one attached hydrogen (secondary N) is 1. The number of imide groups is 1. The summed E-state index contributed by atoms with van der Waals surface area (Å²) in [6, 6.07) is 3.84. The van der Waals surface area contributed by atoms with Crippen molar-refractivity contribution in [2.45, 2.75) is 6.18 Å². The molecule has 136 valence electrons. The van der Waals surface area contributed by atoms with E-state index in [2.05, 4.69) is 5.32 Å². The van der Waals surface area contributed by atoms with Gasteiger partial charge in [-0.3, -0.25) is 14.5 Å². The van der Waals surface area contributed by atoms with Crippen LogP contribution in [0.2, 0.25) is 0 Å². The van der Waals surface area contributed by atoms with Crippen molar-refractivity contribution in [1.29, 1.82) is 0 Å². The van der Waals surface area contributed by atoms with Gasteiger partial charge in [-0.25, -0.2) is 4.79 Å². The van der Waals surface area contributed by atoms with E-state index in [1.54, 1.807) is 0 Å². The summed E-state index contributed by atoms with van der Waals surface area (Å²) in [5.74, 6) is -1.31. The highest BCUT2D eigenvalue weighted by atomic mass is 19.4. The predicted octanol–water partition coefficient (Wildman–Crippen LogP) is 1.47. The molecule has 26 heavy (non-hydrogen) atoms. The van der Waals surface area contributed by atoms with Crippen LogP contribution in [0, 0.1) is 0 Å². The highest BCUT2D eigenvalue weighted by molar-refractivity contribution is 6.17. The summed E-state index contributed by atoms with van der Waals surface area (Å²) in [7, 11) is 0. The molecular weight excluding hydrogens is 357 g/mol. The Morgan fingerprint density at radius 3 is 2.54 bits per heavy atom. The summed E-state index contributed by atoms with van der Waals surface area (Å²) < 4.78 is 43.9. The number of carbonyl (C=O) groups excluding carboxylic acids is 2. The van der Waals surface area contributed by atoms with Crippen molar-refractivity contribution in [2.75, 3.05) is 18.5 Å². The molecule has 2 heterocycles. The molecule has 1 aromatic carbocycles. The molecule has 1 aliphatic rings. The van der Waals surface area contributed by atoms with E-state index in [1.165, 1.54) is 6.07 Å². The average molecular weight is 368 g/mol. The lowest BCUT2D eigenvalue weighted by Crippen LogP contribution is -2.34. The van der Waals surface area contributed by atoms with Gasteiger partial charge in [0.1, 0.15) is 11.3 Å². The first-order valence-corrected chi connectivity index (χ1v) is 7.31. The largest absolute Gasteiger partial charge is 0.423 e. The van der Waals surface area contributed by atoms with E-state index in [0.29, 0.717) is 6.07 Å². The summed E-state index contributed by atoms with van der Waals surface area (Å²) in [4.78, 5) is 35.9. The minimum absolute atomic E-state index is 0.114. The summed E-state index contributed by atoms with van der Waals surface area (Å²) >= 11 is 0. The van der Waals surface area contributed by atoms with Gasteiger partial charge in [-0.15, -0.1) is 0 Å². The summed E-state index contributed by atoms with van der Waals surface area (Å²) in [6.07, 6.45) is -3.73. The summed E-state index contributed by atoms with van der Waals surface area (Å²) in [5.41, 5.74) is -2.58. The Morgan fingerprint density at radius 1 is 1.15 bits per heavy atom. The van der Waals surface area contributed by atoms with Crippen LogP contribution < -0.4 is 10.9 Å². The molecule has 0 aliphatic carbocycles. The van der Waals surface area contributed by atoms with E-state index in [1.807, 2.05) is 0 Å².